The highest BCUT2D eigenvalue weighted by Gasteiger charge is 2.39. The number of hydrogen-bond acceptors (Lipinski definition) is 3. The van der Waals surface area contributed by atoms with Crippen LogP contribution < -0.4 is 15.4 Å². The molecular weight excluding hydrogens is 361 g/mol. The molecule has 5 nitrogen and oxygen atoms in total. The number of carbonyl (C=O) groups is 2. The monoisotopic (exact) mass is 380 g/mol. The summed E-state index contributed by atoms with van der Waals surface area (Å²) in [7, 11) is 0. The molecule has 0 fully saturated rings. The Hall–Kier alpha value is -3.03. The van der Waals surface area contributed by atoms with Crippen molar-refractivity contribution in [2.75, 3.05) is 17.2 Å². The van der Waals surface area contributed by atoms with Gasteiger partial charge in [0.05, 0.1) is 18.0 Å². The van der Waals surface area contributed by atoms with Crippen LogP contribution >= 0.6 is 0 Å². The summed E-state index contributed by atoms with van der Waals surface area (Å²) in [5.74, 6) is -1.80. The molecular formula is C19H19F3N2O3. The van der Waals surface area contributed by atoms with Gasteiger partial charge in [-0.25, -0.2) is 0 Å². The van der Waals surface area contributed by atoms with E-state index in [1.807, 2.05) is 31.2 Å². The summed E-state index contributed by atoms with van der Waals surface area (Å²) in [6.07, 6.45) is -4.46. The summed E-state index contributed by atoms with van der Waals surface area (Å²) in [6.45, 7) is 2.28. The van der Waals surface area contributed by atoms with Gasteiger partial charge in [0.2, 0.25) is 5.91 Å². The molecule has 27 heavy (non-hydrogen) atoms. The standard InChI is InChI=1S/C19H19F3N2O3/c1-13-8-10-14(11-9-13)27-12-4-7-17(25)23-15-5-2-3-6-16(15)24-18(26)19(20,21)22/h2-3,5-6,8-11H,4,7,12H2,1H3,(H,23,25)(H,24,26). The molecule has 2 aromatic carbocycles. The predicted molar refractivity (Wildman–Crippen MR) is 95.7 cm³/mol. The first-order valence-electron chi connectivity index (χ1n) is 8.22. The van der Waals surface area contributed by atoms with Crippen molar-refractivity contribution in [3.63, 3.8) is 0 Å². The Morgan fingerprint density at radius 3 is 2.15 bits per heavy atom. The fraction of sp³-hybridized carbons (Fsp3) is 0.263. The van der Waals surface area contributed by atoms with E-state index >= 15 is 0 Å². The second-order valence-corrected chi connectivity index (χ2v) is 5.81. The van der Waals surface area contributed by atoms with E-state index in [1.165, 1.54) is 18.2 Å². The molecule has 0 spiro atoms. The highest BCUT2D eigenvalue weighted by molar-refractivity contribution is 6.01. The molecule has 0 aliphatic carbocycles. The Balaban J connectivity index is 1.83. The van der Waals surface area contributed by atoms with Crippen LogP contribution in [0.1, 0.15) is 18.4 Å². The van der Waals surface area contributed by atoms with Crippen LogP contribution in [-0.4, -0.2) is 24.6 Å². The van der Waals surface area contributed by atoms with Crippen LogP contribution in [0.15, 0.2) is 48.5 Å². The van der Waals surface area contributed by atoms with E-state index in [9.17, 15) is 22.8 Å². The second-order valence-electron chi connectivity index (χ2n) is 5.81. The Morgan fingerprint density at radius 2 is 1.56 bits per heavy atom. The molecule has 0 aliphatic heterocycles. The third kappa shape index (κ3) is 6.65. The van der Waals surface area contributed by atoms with Gasteiger partial charge >= 0.3 is 12.1 Å². The van der Waals surface area contributed by atoms with E-state index in [0.717, 1.165) is 5.56 Å². The molecule has 144 valence electrons. The molecule has 2 amide bonds. The molecule has 0 unspecified atom stereocenters. The average Bonchev–Trinajstić information content (AvgIpc) is 2.61. The number of anilines is 2. The number of hydrogen-bond donors (Lipinski definition) is 2. The summed E-state index contributed by atoms with van der Waals surface area (Å²) >= 11 is 0. The summed E-state index contributed by atoms with van der Waals surface area (Å²) in [4.78, 5) is 23.1. The van der Waals surface area contributed by atoms with Gasteiger partial charge in [-0.2, -0.15) is 13.2 Å². The molecule has 2 rings (SSSR count). The van der Waals surface area contributed by atoms with E-state index in [4.69, 9.17) is 4.74 Å². The molecule has 0 aliphatic rings. The number of rotatable bonds is 7. The molecule has 0 saturated carbocycles. The first kappa shape index (κ1) is 20.3. The van der Waals surface area contributed by atoms with E-state index in [1.54, 1.807) is 11.4 Å². The zero-order valence-corrected chi connectivity index (χ0v) is 14.6. The third-order valence-electron chi connectivity index (χ3n) is 3.54. The lowest BCUT2D eigenvalue weighted by Crippen LogP contribution is -2.30. The van der Waals surface area contributed by atoms with Gasteiger partial charge in [0, 0.05) is 6.42 Å². The maximum atomic E-state index is 12.4. The molecule has 2 N–H and O–H groups in total. The van der Waals surface area contributed by atoms with E-state index in [-0.39, 0.29) is 17.8 Å². The SMILES string of the molecule is Cc1ccc(OCCCC(=O)Nc2ccccc2NC(=O)C(F)(F)F)cc1. The van der Waals surface area contributed by atoms with Crippen LogP contribution in [0, 0.1) is 6.92 Å². The van der Waals surface area contributed by atoms with Crippen molar-refractivity contribution < 1.29 is 27.5 Å². The van der Waals surface area contributed by atoms with Crippen molar-refractivity contribution >= 4 is 23.2 Å². The Kier molecular flexibility index (Phi) is 6.81. The quantitative estimate of drug-likeness (QED) is 0.704. The number of alkyl halides is 3. The highest BCUT2D eigenvalue weighted by atomic mass is 19.4. The molecule has 8 heteroatoms. The van der Waals surface area contributed by atoms with Crippen LogP contribution in [0.3, 0.4) is 0 Å². The van der Waals surface area contributed by atoms with Crippen LogP contribution in [0.4, 0.5) is 24.5 Å². The topological polar surface area (TPSA) is 67.4 Å². The van der Waals surface area contributed by atoms with Crippen LogP contribution in [0.2, 0.25) is 0 Å². The maximum Gasteiger partial charge on any atom is 0.471 e. The van der Waals surface area contributed by atoms with Gasteiger partial charge in [-0.3, -0.25) is 9.59 Å². The molecule has 0 atom stereocenters. The minimum absolute atomic E-state index is 0.0968. The maximum absolute atomic E-state index is 12.4. The Labute approximate surface area is 154 Å². The van der Waals surface area contributed by atoms with E-state index in [2.05, 4.69) is 5.32 Å². The number of ether oxygens (including phenoxy) is 1. The molecule has 0 heterocycles. The summed E-state index contributed by atoms with van der Waals surface area (Å²) in [6, 6.07) is 13.2. The third-order valence-corrected chi connectivity index (χ3v) is 3.54. The molecule has 0 radical (unpaired) electrons. The van der Waals surface area contributed by atoms with E-state index < -0.39 is 18.0 Å². The number of carbonyl (C=O) groups excluding carboxylic acids is 2. The van der Waals surface area contributed by atoms with Crippen molar-refractivity contribution in [2.45, 2.75) is 25.9 Å². The number of para-hydroxylation sites is 2. The zero-order chi connectivity index (χ0) is 19.9. The van der Waals surface area contributed by atoms with Gasteiger partial charge < -0.3 is 15.4 Å². The molecule has 0 saturated heterocycles. The minimum Gasteiger partial charge on any atom is -0.494 e. The average molecular weight is 380 g/mol. The van der Waals surface area contributed by atoms with E-state index in [0.29, 0.717) is 18.8 Å². The fourth-order valence-corrected chi connectivity index (χ4v) is 2.16. The number of halogens is 3. The van der Waals surface area contributed by atoms with Crippen molar-refractivity contribution in [3.05, 3.63) is 54.1 Å². The van der Waals surface area contributed by atoms with Crippen molar-refractivity contribution in [3.8, 4) is 5.75 Å². The smallest absolute Gasteiger partial charge is 0.471 e. The molecule has 2 aromatic rings. The Bertz CT molecular complexity index is 790. The van der Waals surface area contributed by atoms with Gasteiger partial charge in [-0.15, -0.1) is 0 Å². The fourth-order valence-electron chi connectivity index (χ4n) is 2.16. The van der Waals surface area contributed by atoms with Gasteiger partial charge in [0.15, 0.2) is 0 Å². The lowest BCUT2D eigenvalue weighted by atomic mass is 10.2. The summed E-state index contributed by atoms with van der Waals surface area (Å²) < 4.78 is 42.7. The van der Waals surface area contributed by atoms with Gasteiger partial charge in [0.1, 0.15) is 5.75 Å². The summed E-state index contributed by atoms with van der Waals surface area (Å²) in [5, 5.41) is 4.24. The number of benzene rings is 2. The first-order chi connectivity index (χ1) is 12.8. The number of nitrogens with one attached hydrogen (secondary N) is 2. The Morgan fingerprint density at radius 1 is 0.963 bits per heavy atom. The molecule has 0 bridgehead atoms. The zero-order valence-electron chi connectivity index (χ0n) is 14.6. The lowest BCUT2D eigenvalue weighted by molar-refractivity contribution is -0.167. The largest absolute Gasteiger partial charge is 0.494 e. The highest BCUT2D eigenvalue weighted by Crippen LogP contribution is 2.24. The van der Waals surface area contributed by atoms with Gasteiger partial charge in [-0.1, -0.05) is 29.8 Å². The van der Waals surface area contributed by atoms with Crippen LogP contribution in [0.5, 0.6) is 5.75 Å². The van der Waals surface area contributed by atoms with Crippen LogP contribution in [-0.2, 0) is 9.59 Å². The lowest BCUT2D eigenvalue weighted by Gasteiger charge is -2.13. The minimum atomic E-state index is -5.01. The van der Waals surface area contributed by atoms with Crippen molar-refractivity contribution in [1.82, 2.24) is 0 Å². The predicted octanol–water partition coefficient (Wildman–Crippen LogP) is 4.29. The van der Waals surface area contributed by atoms with Crippen LogP contribution in [0.25, 0.3) is 0 Å². The number of amides is 2. The second kappa shape index (κ2) is 9.07. The van der Waals surface area contributed by atoms with Gasteiger partial charge in [0.25, 0.3) is 0 Å². The first-order valence-corrected chi connectivity index (χ1v) is 8.22. The van der Waals surface area contributed by atoms with Crippen molar-refractivity contribution in [2.24, 2.45) is 0 Å². The number of aryl methyl sites for hydroxylation is 1. The van der Waals surface area contributed by atoms with Crippen molar-refractivity contribution in [1.29, 1.82) is 0 Å². The van der Waals surface area contributed by atoms with Gasteiger partial charge in [-0.05, 0) is 37.6 Å². The summed E-state index contributed by atoms with van der Waals surface area (Å²) in [5.41, 5.74) is 1.08. The normalized spacial score (nSPS) is 11.0. The molecule has 0 aromatic heterocycles.